The average molecular weight is 340 g/mol. The first-order valence-electron chi connectivity index (χ1n) is 8.40. The van der Waals surface area contributed by atoms with E-state index in [-0.39, 0.29) is 17.6 Å². The summed E-state index contributed by atoms with van der Waals surface area (Å²) in [5.74, 6) is -0.531. The van der Waals surface area contributed by atoms with Crippen LogP contribution in [0.5, 0.6) is 0 Å². The molecule has 1 aliphatic carbocycles. The Bertz CT molecular complexity index is 783. The summed E-state index contributed by atoms with van der Waals surface area (Å²) in [6.45, 7) is 0.379. The zero-order valence-electron chi connectivity index (χ0n) is 14.1. The molecule has 0 spiro atoms. The quantitative estimate of drug-likeness (QED) is 0.879. The van der Waals surface area contributed by atoms with Crippen molar-refractivity contribution in [1.29, 1.82) is 0 Å². The summed E-state index contributed by atoms with van der Waals surface area (Å²) in [6, 6.07) is 13.4. The van der Waals surface area contributed by atoms with Crippen molar-refractivity contribution in [3.05, 3.63) is 71.0 Å². The van der Waals surface area contributed by atoms with Crippen molar-refractivity contribution < 1.29 is 14.0 Å². The summed E-state index contributed by atoms with van der Waals surface area (Å²) in [5.41, 5.74) is 1.61. The summed E-state index contributed by atoms with van der Waals surface area (Å²) < 4.78 is 13.5. The molecular weight excluding hydrogens is 319 g/mol. The Hall–Kier alpha value is -2.69. The minimum Gasteiger partial charge on any atom is -0.355 e. The zero-order chi connectivity index (χ0) is 17.9. The number of carbonyl (C=O) groups excluding carboxylic acids is 2. The van der Waals surface area contributed by atoms with E-state index < -0.39 is 5.41 Å². The topological polar surface area (TPSA) is 58.2 Å². The Morgan fingerprint density at radius 3 is 2.40 bits per heavy atom. The molecule has 0 saturated heterocycles. The minimum atomic E-state index is -0.621. The van der Waals surface area contributed by atoms with E-state index in [9.17, 15) is 14.0 Å². The molecule has 1 aliphatic rings. The molecule has 0 aromatic heterocycles. The lowest BCUT2D eigenvalue weighted by molar-refractivity contribution is -0.130. The summed E-state index contributed by atoms with van der Waals surface area (Å²) in [5, 5.41) is 5.53. The van der Waals surface area contributed by atoms with Crippen LogP contribution in [0.4, 0.5) is 4.39 Å². The highest BCUT2D eigenvalue weighted by atomic mass is 19.1. The Kier molecular flexibility index (Phi) is 4.83. The van der Waals surface area contributed by atoms with E-state index in [0.29, 0.717) is 12.1 Å². The molecule has 25 heavy (non-hydrogen) atoms. The van der Waals surface area contributed by atoms with E-state index in [1.54, 1.807) is 25.2 Å². The smallest absolute Gasteiger partial charge is 0.251 e. The summed E-state index contributed by atoms with van der Waals surface area (Å²) >= 11 is 0. The second-order valence-corrected chi connectivity index (χ2v) is 6.40. The van der Waals surface area contributed by atoms with Crippen molar-refractivity contribution in [3.63, 3.8) is 0 Å². The second-order valence-electron chi connectivity index (χ2n) is 6.40. The number of nitrogens with one attached hydrogen (secondary N) is 2. The van der Waals surface area contributed by atoms with Crippen LogP contribution in [0.2, 0.25) is 0 Å². The van der Waals surface area contributed by atoms with E-state index in [0.717, 1.165) is 30.4 Å². The predicted molar refractivity (Wildman–Crippen MR) is 93.6 cm³/mol. The normalized spacial score (nSPS) is 15.1. The average Bonchev–Trinajstić information content (AvgIpc) is 2.59. The molecule has 0 atom stereocenters. The fraction of sp³-hybridized carbons (Fsp3) is 0.300. The standard InChI is InChI=1S/C20H21FN2O2/c1-22-18(24)15-8-6-14(7-9-15)13-23-19(25)20(10-3-11-20)16-4-2-5-17(21)12-16/h2,4-9,12H,3,10-11,13H2,1H3,(H,22,24)(H,23,25). The van der Waals surface area contributed by atoms with Crippen molar-refractivity contribution in [3.8, 4) is 0 Å². The fourth-order valence-corrected chi connectivity index (χ4v) is 3.23. The van der Waals surface area contributed by atoms with Crippen LogP contribution in [0.3, 0.4) is 0 Å². The SMILES string of the molecule is CNC(=O)c1ccc(CNC(=O)C2(c3cccc(F)c3)CCC2)cc1. The van der Waals surface area contributed by atoms with Gasteiger partial charge in [0.2, 0.25) is 5.91 Å². The maximum atomic E-state index is 13.5. The van der Waals surface area contributed by atoms with E-state index in [4.69, 9.17) is 0 Å². The maximum absolute atomic E-state index is 13.5. The molecule has 0 radical (unpaired) electrons. The minimum absolute atomic E-state index is 0.0697. The summed E-state index contributed by atoms with van der Waals surface area (Å²) in [6.07, 6.45) is 2.43. The first kappa shape index (κ1) is 17.1. The third kappa shape index (κ3) is 3.40. The van der Waals surface area contributed by atoms with Crippen LogP contribution in [0.25, 0.3) is 0 Å². The number of amides is 2. The van der Waals surface area contributed by atoms with E-state index in [1.807, 2.05) is 18.2 Å². The number of hydrogen-bond acceptors (Lipinski definition) is 2. The lowest BCUT2D eigenvalue weighted by Gasteiger charge is -2.40. The molecule has 3 rings (SSSR count). The Labute approximate surface area is 146 Å². The third-order valence-electron chi connectivity index (χ3n) is 4.92. The van der Waals surface area contributed by atoms with Gasteiger partial charge in [-0.05, 0) is 48.2 Å². The Morgan fingerprint density at radius 1 is 1.12 bits per heavy atom. The maximum Gasteiger partial charge on any atom is 0.251 e. The molecule has 130 valence electrons. The van der Waals surface area contributed by atoms with Crippen molar-refractivity contribution in [2.45, 2.75) is 31.2 Å². The Balaban J connectivity index is 1.68. The molecule has 0 aliphatic heterocycles. The van der Waals surface area contributed by atoms with Crippen LogP contribution in [0.1, 0.15) is 40.7 Å². The van der Waals surface area contributed by atoms with Crippen molar-refractivity contribution in [2.75, 3.05) is 7.05 Å². The van der Waals surface area contributed by atoms with Gasteiger partial charge in [-0.2, -0.15) is 0 Å². The van der Waals surface area contributed by atoms with Crippen LogP contribution in [-0.4, -0.2) is 18.9 Å². The van der Waals surface area contributed by atoms with Gasteiger partial charge in [-0.25, -0.2) is 4.39 Å². The fourth-order valence-electron chi connectivity index (χ4n) is 3.23. The molecule has 2 aromatic rings. The highest BCUT2D eigenvalue weighted by Gasteiger charge is 2.45. The van der Waals surface area contributed by atoms with Gasteiger partial charge in [-0.3, -0.25) is 9.59 Å². The lowest BCUT2D eigenvalue weighted by Crippen LogP contribution is -2.49. The second kappa shape index (κ2) is 7.05. The summed E-state index contributed by atoms with van der Waals surface area (Å²) in [4.78, 5) is 24.3. The largest absolute Gasteiger partial charge is 0.355 e. The molecule has 2 N–H and O–H groups in total. The van der Waals surface area contributed by atoms with Gasteiger partial charge >= 0.3 is 0 Å². The van der Waals surface area contributed by atoms with Crippen LogP contribution in [0, 0.1) is 5.82 Å². The highest BCUT2D eigenvalue weighted by Crippen LogP contribution is 2.44. The highest BCUT2D eigenvalue weighted by molar-refractivity contribution is 5.94. The van der Waals surface area contributed by atoms with Crippen molar-refractivity contribution in [1.82, 2.24) is 10.6 Å². The van der Waals surface area contributed by atoms with Gasteiger partial charge in [0.05, 0.1) is 5.41 Å². The van der Waals surface area contributed by atoms with Crippen molar-refractivity contribution >= 4 is 11.8 Å². The van der Waals surface area contributed by atoms with Crippen LogP contribution < -0.4 is 10.6 Å². The number of benzene rings is 2. The molecule has 1 saturated carbocycles. The summed E-state index contributed by atoms with van der Waals surface area (Å²) in [7, 11) is 1.58. The first-order valence-corrected chi connectivity index (χ1v) is 8.40. The third-order valence-corrected chi connectivity index (χ3v) is 4.92. The van der Waals surface area contributed by atoms with E-state index in [2.05, 4.69) is 10.6 Å². The van der Waals surface area contributed by atoms with Crippen LogP contribution in [-0.2, 0) is 16.8 Å². The van der Waals surface area contributed by atoms with Crippen LogP contribution in [0.15, 0.2) is 48.5 Å². The van der Waals surface area contributed by atoms with Gasteiger partial charge in [0, 0.05) is 19.2 Å². The van der Waals surface area contributed by atoms with Gasteiger partial charge in [0.1, 0.15) is 5.82 Å². The number of halogens is 1. The molecule has 1 fully saturated rings. The van der Waals surface area contributed by atoms with Gasteiger partial charge in [-0.1, -0.05) is 30.7 Å². The number of hydrogen-bond donors (Lipinski definition) is 2. The molecule has 0 unspecified atom stereocenters. The monoisotopic (exact) mass is 340 g/mol. The predicted octanol–water partition coefficient (Wildman–Crippen LogP) is 2.92. The van der Waals surface area contributed by atoms with Gasteiger partial charge in [-0.15, -0.1) is 0 Å². The van der Waals surface area contributed by atoms with E-state index in [1.165, 1.54) is 12.1 Å². The van der Waals surface area contributed by atoms with Crippen molar-refractivity contribution in [2.24, 2.45) is 0 Å². The first-order chi connectivity index (χ1) is 12.0. The molecule has 4 nitrogen and oxygen atoms in total. The zero-order valence-corrected chi connectivity index (χ0v) is 14.1. The molecule has 2 aromatic carbocycles. The number of carbonyl (C=O) groups is 2. The molecule has 5 heteroatoms. The molecule has 2 amide bonds. The van der Waals surface area contributed by atoms with E-state index >= 15 is 0 Å². The Morgan fingerprint density at radius 2 is 1.84 bits per heavy atom. The van der Waals surface area contributed by atoms with Crippen LogP contribution >= 0.6 is 0 Å². The molecular formula is C20H21FN2O2. The lowest BCUT2D eigenvalue weighted by atomic mass is 9.64. The molecule has 0 bridgehead atoms. The molecule has 0 heterocycles. The van der Waals surface area contributed by atoms with Gasteiger partial charge < -0.3 is 10.6 Å². The number of rotatable bonds is 5. The van der Waals surface area contributed by atoms with Gasteiger partial charge in [0.15, 0.2) is 0 Å². The van der Waals surface area contributed by atoms with Gasteiger partial charge in [0.25, 0.3) is 5.91 Å².